The van der Waals surface area contributed by atoms with Gasteiger partial charge in [0.25, 0.3) is 0 Å². The number of hydrogen-bond donors (Lipinski definition) is 1. The highest BCUT2D eigenvalue weighted by Gasteiger charge is 2.12. The van der Waals surface area contributed by atoms with E-state index in [1.54, 1.807) is 7.11 Å². The Morgan fingerprint density at radius 3 is 2.25 bits per heavy atom. The third-order valence-electron chi connectivity index (χ3n) is 3.84. The molecule has 0 aliphatic carbocycles. The van der Waals surface area contributed by atoms with E-state index in [1.807, 2.05) is 7.05 Å². The van der Waals surface area contributed by atoms with E-state index in [9.17, 15) is 0 Å². The normalized spacial score (nSPS) is 10.7. The molecule has 0 saturated carbocycles. The number of hydrogen-bond acceptors (Lipinski definition) is 2. The van der Waals surface area contributed by atoms with Gasteiger partial charge in [-0.15, -0.1) is 0 Å². The zero-order valence-corrected chi connectivity index (χ0v) is 13.0. The van der Waals surface area contributed by atoms with Crippen LogP contribution in [0.3, 0.4) is 0 Å². The highest BCUT2D eigenvalue weighted by molar-refractivity contribution is 5.75. The minimum atomic E-state index is 0.894. The summed E-state index contributed by atoms with van der Waals surface area (Å²) in [7, 11) is 3.71. The van der Waals surface area contributed by atoms with E-state index >= 15 is 0 Å². The van der Waals surface area contributed by atoms with Crippen molar-refractivity contribution in [2.45, 2.75) is 27.3 Å². The molecule has 2 aromatic carbocycles. The molecule has 0 atom stereocenters. The zero-order valence-electron chi connectivity index (χ0n) is 13.0. The van der Waals surface area contributed by atoms with Crippen LogP contribution in [0.4, 0.5) is 0 Å². The summed E-state index contributed by atoms with van der Waals surface area (Å²) in [5.74, 6) is 0.981. The Morgan fingerprint density at radius 2 is 1.65 bits per heavy atom. The van der Waals surface area contributed by atoms with Gasteiger partial charge in [-0.2, -0.15) is 0 Å². The second-order valence-electron chi connectivity index (χ2n) is 5.27. The van der Waals surface area contributed by atoms with Gasteiger partial charge in [-0.3, -0.25) is 0 Å². The van der Waals surface area contributed by atoms with Crippen LogP contribution in [0, 0.1) is 20.8 Å². The Morgan fingerprint density at radius 1 is 0.950 bits per heavy atom. The lowest BCUT2D eigenvalue weighted by Crippen LogP contribution is -2.05. The highest BCUT2D eigenvalue weighted by atomic mass is 16.5. The van der Waals surface area contributed by atoms with Crippen LogP contribution < -0.4 is 10.1 Å². The first-order valence-corrected chi connectivity index (χ1v) is 6.97. The Bertz CT molecular complexity index is 617. The van der Waals surface area contributed by atoms with E-state index < -0.39 is 0 Å². The Kier molecular flexibility index (Phi) is 4.46. The molecule has 0 unspecified atom stereocenters. The number of methoxy groups -OCH3 is 1. The monoisotopic (exact) mass is 269 g/mol. The lowest BCUT2D eigenvalue weighted by atomic mass is 9.94. The molecule has 106 valence electrons. The van der Waals surface area contributed by atoms with Gasteiger partial charge >= 0.3 is 0 Å². The summed E-state index contributed by atoms with van der Waals surface area (Å²) in [6.45, 7) is 7.28. The standard InChI is InChI=1S/C18H23NO/c1-12-6-8-17(18(20-5)14(12)3)16-9-7-15(11-19-4)10-13(16)2/h6-10,19H,11H2,1-5H3. The summed E-state index contributed by atoms with van der Waals surface area (Å²) < 4.78 is 5.63. The molecule has 0 bridgehead atoms. The lowest BCUT2D eigenvalue weighted by molar-refractivity contribution is 0.413. The van der Waals surface area contributed by atoms with E-state index in [4.69, 9.17) is 4.74 Å². The van der Waals surface area contributed by atoms with Crippen LogP contribution in [0.15, 0.2) is 30.3 Å². The van der Waals surface area contributed by atoms with Crippen molar-refractivity contribution >= 4 is 0 Å². The number of rotatable bonds is 4. The molecule has 0 heterocycles. The summed E-state index contributed by atoms with van der Waals surface area (Å²) in [6.07, 6.45) is 0. The van der Waals surface area contributed by atoms with Crippen LogP contribution in [0.25, 0.3) is 11.1 Å². The van der Waals surface area contributed by atoms with Crippen LogP contribution in [-0.2, 0) is 6.54 Å². The maximum atomic E-state index is 5.63. The average molecular weight is 269 g/mol. The van der Waals surface area contributed by atoms with Gasteiger partial charge in [-0.1, -0.05) is 30.3 Å². The Hall–Kier alpha value is -1.80. The fourth-order valence-corrected chi connectivity index (χ4v) is 2.61. The van der Waals surface area contributed by atoms with Crippen molar-refractivity contribution in [2.75, 3.05) is 14.2 Å². The van der Waals surface area contributed by atoms with Crippen molar-refractivity contribution in [2.24, 2.45) is 0 Å². The van der Waals surface area contributed by atoms with Gasteiger partial charge in [0.1, 0.15) is 5.75 Å². The molecule has 0 fully saturated rings. The second kappa shape index (κ2) is 6.10. The van der Waals surface area contributed by atoms with Crippen molar-refractivity contribution in [3.05, 3.63) is 52.6 Å². The van der Waals surface area contributed by atoms with Gasteiger partial charge in [0.15, 0.2) is 0 Å². The highest BCUT2D eigenvalue weighted by Crippen LogP contribution is 2.36. The summed E-state index contributed by atoms with van der Waals surface area (Å²) >= 11 is 0. The van der Waals surface area contributed by atoms with E-state index in [0.717, 1.165) is 12.3 Å². The summed E-state index contributed by atoms with van der Waals surface area (Å²) in [5.41, 5.74) is 7.46. The molecular formula is C18H23NO. The van der Waals surface area contributed by atoms with Crippen LogP contribution in [0.1, 0.15) is 22.3 Å². The molecule has 0 radical (unpaired) electrons. The zero-order chi connectivity index (χ0) is 14.7. The minimum absolute atomic E-state index is 0.894. The SMILES string of the molecule is CNCc1ccc(-c2ccc(C)c(C)c2OC)c(C)c1. The lowest BCUT2D eigenvalue weighted by Gasteiger charge is -2.16. The van der Waals surface area contributed by atoms with Gasteiger partial charge < -0.3 is 10.1 Å². The Labute approximate surface area is 121 Å². The van der Waals surface area contributed by atoms with Crippen LogP contribution in [-0.4, -0.2) is 14.2 Å². The maximum absolute atomic E-state index is 5.63. The van der Waals surface area contributed by atoms with Crippen molar-refractivity contribution in [1.29, 1.82) is 0 Å². The van der Waals surface area contributed by atoms with Crippen molar-refractivity contribution in [1.82, 2.24) is 5.32 Å². The molecule has 20 heavy (non-hydrogen) atoms. The molecule has 0 spiro atoms. The maximum Gasteiger partial charge on any atom is 0.129 e. The van der Waals surface area contributed by atoms with Crippen LogP contribution >= 0.6 is 0 Å². The topological polar surface area (TPSA) is 21.3 Å². The molecule has 2 heteroatoms. The minimum Gasteiger partial charge on any atom is -0.496 e. The number of nitrogens with one attached hydrogen (secondary N) is 1. The van der Waals surface area contributed by atoms with E-state index in [2.05, 4.69) is 56.4 Å². The molecule has 1 N–H and O–H groups in total. The van der Waals surface area contributed by atoms with Gasteiger partial charge in [0.05, 0.1) is 7.11 Å². The summed E-state index contributed by atoms with van der Waals surface area (Å²) in [6, 6.07) is 10.9. The van der Waals surface area contributed by atoms with Crippen molar-refractivity contribution < 1.29 is 4.74 Å². The number of benzene rings is 2. The van der Waals surface area contributed by atoms with E-state index in [-0.39, 0.29) is 0 Å². The molecule has 0 saturated heterocycles. The number of aryl methyl sites for hydroxylation is 2. The summed E-state index contributed by atoms with van der Waals surface area (Å²) in [4.78, 5) is 0. The van der Waals surface area contributed by atoms with Gasteiger partial charge in [0.2, 0.25) is 0 Å². The molecule has 2 rings (SSSR count). The predicted octanol–water partition coefficient (Wildman–Crippen LogP) is 4.01. The van der Waals surface area contributed by atoms with Crippen molar-refractivity contribution in [3.8, 4) is 16.9 Å². The first-order valence-electron chi connectivity index (χ1n) is 6.97. The largest absolute Gasteiger partial charge is 0.496 e. The number of ether oxygens (including phenoxy) is 1. The van der Waals surface area contributed by atoms with Gasteiger partial charge in [-0.25, -0.2) is 0 Å². The third kappa shape index (κ3) is 2.70. The fraction of sp³-hybridized carbons (Fsp3) is 0.333. The van der Waals surface area contributed by atoms with Crippen LogP contribution in [0.5, 0.6) is 5.75 Å². The molecule has 2 aromatic rings. The van der Waals surface area contributed by atoms with Gasteiger partial charge in [0, 0.05) is 12.1 Å². The molecule has 0 amide bonds. The van der Waals surface area contributed by atoms with E-state index in [1.165, 1.54) is 33.4 Å². The molecule has 0 aliphatic heterocycles. The first-order chi connectivity index (χ1) is 9.58. The van der Waals surface area contributed by atoms with Gasteiger partial charge in [-0.05, 0) is 55.6 Å². The second-order valence-corrected chi connectivity index (χ2v) is 5.27. The first kappa shape index (κ1) is 14.6. The predicted molar refractivity (Wildman–Crippen MR) is 85.4 cm³/mol. The molecule has 2 nitrogen and oxygen atoms in total. The Balaban J connectivity index is 2.54. The third-order valence-corrected chi connectivity index (χ3v) is 3.84. The van der Waals surface area contributed by atoms with E-state index in [0.29, 0.717) is 0 Å². The average Bonchev–Trinajstić information content (AvgIpc) is 2.43. The molecule has 0 aromatic heterocycles. The molecular weight excluding hydrogens is 246 g/mol. The van der Waals surface area contributed by atoms with Crippen LogP contribution in [0.2, 0.25) is 0 Å². The van der Waals surface area contributed by atoms with Crippen molar-refractivity contribution in [3.63, 3.8) is 0 Å². The summed E-state index contributed by atoms with van der Waals surface area (Å²) in [5, 5.41) is 3.18. The quantitative estimate of drug-likeness (QED) is 0.905. The fourth-order valence-electron chi connectivity index (χ4n) is 2.61. The molecule has 0 aliphatic rings. The smallest absolute Gasteiger partial charge is 0.129 e.